The van der Waals surface area contributed by atoms with Gasteiger partial charge in [0.25, 0.3) is 0 Å². The van der Waals surface area contributed by atoms with E-state index in [0.717, 1.165) is 11.4 Å². The van der Waals surface area contributed by atoms with Crippen LogP contribution < -0.4 is 4.74 Å². The first kappa shape index (κ1) is 13.2. The van der Waals surface area contributed by atoms with Crippen molar-refractivity contribution in [3.8, 4) is 5.75 Å². The molecule has 0 amide bonds. The first-order valence-electron chi connectivity index (χ1n) is 7.46. The third-order valence-corrected chi connectivity index (χ3v) is 4.08. The van der Waals surface area contributed by atoms with Gasteiger partial charge in [-0.3, -0.25) is 4.68 Å². The highest BCUT2D eigenvalue weighted by atomic mass is 16.5. The van der Waals surface area contributed by atoms with Crippen molar-refractivity contribution in [3.05, 3.63) is 47.3 Å². The number of hydrogen-bond acceptors (Lipinski definition) is 2. The van der Waals surface area contributed by atoms with E-state index in [9.17, 15) is 0 Å². The van der Waals surface area contributed by atoms with E-state index in [1.807, 2.05) is 0 Å². The van der Waals surface area contributed by atoms with Crippen molar-refractivity contribution in [2.75, 3.05) is 0 Å². The predicted molar refractivity (Wildman–Crippen MR) is 80.0 cm³/mol. The van der Waals surface area contributed by atoms with Gasteiger partial charge >= 0.3 is 0 Å². The smallest absolute Gasteiger partial charge is 0.132 e. The van der Waals surface area contributed by atoms with Crippen molar-refractivity contribution in [1.82, 2.24) is 9.78 Å². The van der Waals surface area contributed by atoms with Crippen molar-refractivity contribution < 1.29 is 4.74 Å². The standard InChI is InChI=1S/C17H22N2O/c1-13-7-8-14(2)17(11-13)20-12-15-9-10-19(18-15)16-5-3-4-6-16/h7-11,16H,3-6,12H2,1-2H3. The molecule has 106 valence electrons. The van der Waals surface area contributed by atoms with Gasteiger partial charge in [-0.25, -0.2) is 0 Å². The van der Waals surface area contributed by atoms with Crippen LogP contribution in [0, 0.1) is 13.8 Å². The summed E-state index contributed by atoms with van der Waals surface area (Å²) in [6.45, 7) is 4.71. The molecule has 0 atom stereocenters. The van der Waals surface area contributed by atoms with Crippen LogP contribution in [0.25, 0.3) is 0 Å². The molecule has 1 aromatic heterocycles. The quantitative estimate of drug-likeness (QED) is 0.832. The molecule has 1 heterocycles. The number of hydrogen-bond donors (Lipinski definition) is 0. The largest absolute Gasteiger partial charge is 0.487 e. The zero-order valence-electron chi connectivity index (χ0n) is 12.3. The maximum Gasteiger partial charge on any atom is 0.132 e. The van der Waals surface area contributed by atoms with E-state index >= 15 is 0 Å². The van der Waals surface area contributed by atoms with Crippen LogP contribution in [0.4, 0.5) is 0 Å². The third-order valence-electron chi connectivity index (χ3n) is 4.08. The summed E-state index contributed by atoms with van der Waals surface area (Å²) in [6.07, 6.45) is 7.29. The average Bonchev–Trinajstić information content (AvgIpc) is 3.09. The molecule has 1 aliphatic rings. The molecule has 0 saturated heterocycles. The van der Waals surface area contributed by atoms with Crippen molar-refractivity contribution in [3.63, 3.8) is 0 Å². The van der Waals surface area contributed by atoms with E-state index < -0.39 is 0 Å². The monoisotopic (exact) mass is 270 g/mol. The second-order valence-corrected chi connectivity index (χ2v) is 5.78. The van der Waals surface area contributed by atoms with Gasteiger partial charge in [-0.2, -0.15) is 5.10 Å². The van der Waals surface area contributed by atoms with Gasteiger partial charge in [-0.05, 0) is 49.9 Å². The lowest BCUT2D eigenvalue weighted by molar-refractivity contribution is 0.295. The molecule has 0 N–H and O–H groups in total. The SMILES string of the molecule is Cc1ccc(C)c(OCc2ccn(C3CCCC3)n2)c1. The molecule has 1 saturated carbocycles. The fourth-order valence-electron chi connectivity index (χ4n) is 2.84. The Balaban J connectivity index is 1.64. The summed E-state index contributed by atoms with van der Waals surface area (Å²) < 4.78 is 8.02. The van der Waals surface area contributed by atoms with Crippen LogP contribution in [0.3, 0.4) is 0 Å². The second kappa shape index (κ2) is 5.70. The van der Waals surface area contributed by atoms with Crippen LogP contribution in [-0.4, -0.2) is 9.78 Å². The first-order chi connectivity index (χ1) is 9.72. The number of benzene rings is 1. The molecule has 0 aliphatic heterocycles. The van der Waals surface area contributed by atoms with Crippen LogP contribution in [-0.2, 0) is 6.61 Å². The van der Waals surface area contributed by atoms with Gasteiger partial charge < -0.3 is 4.74 Å². The Kier molecular flexibility index (Phi) is 3.77. The number of nitrogens with zero attached hydrogens (tertiary/aromatic N) is 2. The van der Waals surface area contributed by atoms with Crippen molar-refractivity contribution in [2.45, 2.75) is 52.2 Å². The number of aryl methyl sites for hydroxylation is 2. The lowest BCUT2D eigenvalue weighted by Gasteiger charge is -2.10. The van der Waals surface area contributed by atoms with Crippen LogP contribution in [0.15, 0.2) is 30.5 Å². The van der Waals surface area contributed by atoms with Crippen molar-refractivity contribution in [2.24, 2.45) is 0 Å². The third kappa shape index (κ3) is 2.87. The summed E-state index contributed by atoms with van der Waals surface area (Å²) in [4.78, 5) is 0. The van der Waals surface area contributed by atoms with Gasteiger partial charge in [0, 0.05) is 6.20 Å². The Morgan fingerprint density at radius 1 is 1.20 bits per heavy atom. The molecule has 0 bridgehead atoms. The number of ether oxygens (including phenoxy) is 1. The van der Waals surface area contributed by atoms with E-state index in [1.54, 1.807) is 0 Å². The van der Waals surface area contributed by atoms with Crippen molar-refractivity contribution >= 4 is 0 Å². The van der Waals surface area contributed by atoms with Crippen LogP contribution >= 0.6 is 0 Å². The molecule has 0 radical (unpaired) electrons. The van der Waals surface area contributed by atoms with Gasteiger partial charge in [0.1, 0.15) is 12.4 Å². The molecule has 1 aliphatic carbocycles. The predicted octanol–water partition coefficient (Wildman–Crippen LogP) is 4.19. The van der Waals surface area contributed by atoms with Gasteiger partial charge in [0.15, 0.2) is 0 Å². The summed E-state index contributed by atoms with van der Waals surface area (Å²) >= 11 is 0. The Bertz CT molecular complexity index is 582. The second-order valence-electron chi connectivity index (χ2n) is 5.78. The fourth-order valence-corrected chi connectivity index (χ4v) is 2.84. The van der Waals surface area contributed by atoms with Crippen LogP contribution in [0.2, 0.25) is 0 Å². The van der Waals surface area contributed by atoms with Crippen LogP contribution in [0.5, 0.6) is 5.75 Å². The van der Waals surface area contributed by atoms with E-state index in [2.05, 4.69) is 54.1 Å². The highest BCUT2D eigenvalue weighted by Gasteiger charge is 2.17. The number of aromatic nitrogens is 2. The van der Waals surface area contributed by atoms with Gasteiger partial charge in [-0.15, -0.1) is 0 Å². The highest BCUT2D eigenvalue weighted by Crippen LogP contribution is 2.28. The van der Waals surface area contributed by atoms with Crippen LogP contribution in [0.1, 0.15) is 48.5 Å². The minimum atomic E-state index is 0.546. The molecular weight excluding hydrogens is 248 g/mol. The summed E-state index contributed by atoms with van der Waals surface area (Å²) in [6, 6.07) is 8.97. The normalized spacial score (nSPS) is 15.7. The Morgan fingerprint density at radius 2 is 2.00 bits per heavy atom. The minimum Gasteiger partial charge on any atom is -0.487 e. The first-order valence-corrected chi connectivity index (χ1v) is 7.46. The zero-order chi connectivity index (χ0) is 13.9. The molecule has 0 unspecified atom stereocenters. The number of rotatable bonds is 4. The molecule has 3 nitrogen and oxygen atoms in total. The van der Waals surface area contributed by atoms with E-state index in [1.165, 1.54) is 36.8 Å². The summed E-state index contributed by atoms with van der Waals surface area (Å²) in [5, 5.41) is 4.65. The average molecular weight is 270 g/mol. The molecule has 2 aromatic rings. The van der Waals surface area contributed by atoms with Gasteiger partial charge in [-0.1, -0.05) is 25.0 Å². The van der Waals surface area contributed by atoms with Crippen molar-refractivity contribution in [1.29, 1.82) is 0 Å². The molecule has 0 spiro atoms. The van der Waals surface area contributed by atoms with Gasteiger partial charge in [0.2, 0.25) is 0 Å². The summed E-state index contributed by atoms with van der Waals surface area (Å²) in [7, 11) is 0. The van der Waals surface area contributed by atoms with E-state index in [0.29, 0.717) is 12.6 Å². The zero-order valence-corrected chi connectivity index (χ0v) is 12.3. The maximum absolute atomic E-state index is 5.90. The lowest BCUT2D eigenvalue weighted by atomic mass is 10.1. The van der Waals surface area contributed by atoms with E-state index in [4.69, 9.17) is 4.74 Å². The highest BCUT2D eigenvalue weighted by molar-refractivity contribution is 5.36. The maximum atomic E-state index is 5.90. The summed E-state index contributed by atoms with van der Waals surface area (Å²) in [5.74, 6) is 0.959. The summed E-state index contributed by atoms with van der Waals surface area (Å²) in [5.41, 5.74) is 3.41. The minimum absolute atomic E-state index is 0.546. The topological polar surface area (TPSA) is 27.1 Å². The van der Waals surface area contributed by atoms with Gasteiger partial charge in [0.05, 0.1) is 11.7 Å². The molecule has 1 aromatic carbocycles. The fraction of sp³-hybridized carbons (Fsp3) is 0.471. The Morgan fingerprint density at radius 3 is 2.80 bits per heavy atom. The molecule has 3 rings (SSSR count). The molecule has 3 heteroatoms. The Labute approximate surface area is 120 Å². The van der Waals surface area contributed by atoms with E-state index in [-0.39, 0.29) is 0 Å². The molecular formula is C17H22N2O. The molecule has 1 fully saturated rings. The lowest BCUT2D eigenvalue weighted by Crippen LogP contribution is -2.06. The molecule has 20 heavy (non-hydrogen) atoms. The Hall–Kier alpha value is -1.77.